The molecule has 0 aliphatic carbocycles. The Morgan fingerprint density at radius 1 is 1.43 bits per heavy atom. The van der Waals surface area contributed by atoms with Gasteiger partial charge in [0.05, 0.1) is 35.9 Å². The zero-order valence-electron chi connectivity index (χ0n) is 11.5. The van der Waals surface area contributed by atoms with Gasteiger partial charge in [0.1, 0.15) is 5.75 Å². The molecular weight excluding hydrogens is 298 g/mol. The zero-order valence-corrected chi connectivity index (χ0v) is 12.3. The number of aromatic hydroxyl groups is 1. The van der Waals surface area contributed by atoms with Crippen molar-refractivity contribution in [2.24, 2.45) is 0 Å². The Hall–Kier alpha value is -1.80. The molecule has 116 valence electrons. The molecule has 21 heavy (non-hydrogen) atoms. The number of phenolic OH excluding ortho intramolecular Hbond substituents is 1. The summed E-state index contributed by atoms with van der Waals surface area (Å²) in [4.78, 5) is 13.2. The first-order valence-electron chi connectivity index (χ1n) is 6.47. The lowest BCUT2D eigenvalue weighted by Crippen LogP contribution is -2.47. The van der Waals surface area contributed by atoms with E-state index < -0.39 is 33.8 Å². The molecule has 2 unspecified atom stereocenters. The van der Waals surface area contributed by atoms with Crippen molar-refractivity contribution in [2.45, 2.75) is 19.1 Å². The van der Waals surface area contributed by atoms with Crippen LogP contribution in [0.15, 0.2) is 24.3 Å². The fourth-order valence-electron chi connectivity index (χ4n) is 2.33. The van der Waals surface area contributed by atoms with Gasteiger partial charge in [-0.1, -0.05) is 6.07 Å². The number of sulfone groups is 1. The largest absolute Gasteiger partial charge is 0.508 e. The van der Waals surface area contributed by atoms with Crippen LogP contribution < -0.4 is 4.90 Å². The Morgan fingerprint density at radius 2 is 2.14 bits per heavy atom. The fourth-order valence-corrected chi connectivity index (χ4v) is 4.10. The summed E-state index contributed by atoms with van der Waals surface area (Å²) in [5.74, 6) is -0.813. The van der Waals surface area contributed by atoms with E-state index in [1.165, 1.54) is 24.3 Å². The number of nitrogens with zero attached hydrogens (tertiary/aromatic N) is 1. The molecule has 2 N–H and O–H groups in total. The van der Waals surface area contributed by atoms with Crippen molar-refractivity contribution in [3.05, 3.63) is 24.3 Å². The molecule has 2 atom stereocenters. The normalized spacial score (nSPS) is 23.7. The first kappa shape index (κ1) is 15.6. The molecule has 0 saturated carbocycles. The van der Waals surface area contributed by atoms with Crippen LogP contribution in [0.2, 0.25) is 0 Å². The van der Waals surface area contributed by atoms with Gasteiger partial charge < -0.3 is 14.9 Å². The van der Waals surface area contributed by atoms with Crippen LogP contribution in [-0.4, -0.2) is 55.0 Å². The molecule has 8 heteroatoms. The maximum absolute atomic E-state index is 12.1. The van der Waals surface area contributed by atoms with E-state index in [9.17, 15) is 23.4 Å². The second-order valence-electron chi connectivity index (χ2n) is 4.80. The number of carbonyl (C=O) groups excluding carboxylic acids is 1. The predicted molar refractivity (Wildman–Crippen MR) is 76.1 cm³/mol. The Kier molecular flexibility index (Phi) is 4.38. The summed E-state index contributed by atoms with van der Waals surface area (Å²) in [5.41, 5.74) is 0.273. The summed E-state index contributed by atoms with van der Waals surface area (Å²) < 4.78 is 28.2. The van der Waals surface area contributed by atoms with Crippen LogP contribution in [0.1, 0.15) is 6.92 Å². The molecule has 1 heterocycles. The van der Waals surface area contributed by atoms with Crippen molar-refractivity contribution in [2.75, 3.05) is 23.0 Å². The number of phenols is 1. The van der Waals surface area contributed by atoms with Gasteiger partial charge in [0.15, 0.2) is 9.84 Å². The third-order valence-corrected chi connectivity index (χ3v) is 4.90. The molecule has 1 fully saturated rings. The molecule has 1 aromatic rings. The lowest BCUT2D eigenvalue weighted by atomic mass is 10.1. The standard InChI is InChI=1S/C13H17NO6S/c1-2-20-13(17)14(9-4-3-5-10(15)6-9)11-7-21(18,19)8-12(11)16/h3-6,11-12,15-16H,2,7-8H2,1H3. The molecule has 2 rings (SSSR count). The summed E-state index contributed by atoms with van der Waals surface area (Å²) in [5, 5.41) is 19.5. The number of rotatable bonds is 3. The fraction of sp³-hybridized carbons (Fsp3) is 0.462. The molecule has 1 saturated heterocycles. The number of anilines is 1. The van der Waals surface area contributed by atoms with E-state index in [0.29, 0.717) is 0 Å². The molecule has 1 aliphatic rings. The van der Waals surface area contributed by atoms with Gasteiger partial charge in [0.25, 0.3) is 0 Å². The molecule has 0 bridgehead atoms. The average Bonchev–Trinajstić information content (AvgIpc) is 2.63. The molecule has 1 amide bonds. The van der Waals surface area contributed by atoms with E-state index in [0.717, 1.165) is 4.90 Å². The van der Waals surface area contributed by atoms with E-state index >= 15 is 0 Å². The number of benzene rings is 1. The Bertz CT molecular complexity index is 629. The van der Waals surface area contributed by atoms with Gasteiger partial charge in [-0.25, -0.2) is 13.2 Å². The minimum absolute atomic E-state index is 0.0721. The van der Waals surface area contributed by atoms with Gasteiger partial charge in [0, 0.05) is 6.07 Å². The number of hydrogen-bond donors (Lipinski definition) is 2. The van der Waals surface area contributed by atoms with Gasteiger partial charge in [0.2, 0.25) is 0 Å². The van der Waals surface area contributed by atoms with Crippen molar-refractivity contribution >= 4 is 21.6 Å². The van der Waals surface area contributed by atoms with E-state index in [-0.39, 0.29) is 23.8 Å². The highest BCUT2D eigenvalue weighted by molar-refractivity contribution is 7.91. The van der Waals surface area contributed by atoms with Crippen LogP contribution in [0.4, 0.5) is 10.5 Å². The highest BCUT2D eigenvalue weighted by Gasteiger charge is 2.43. The topological polar surface area (TPSA) is 104 Å². The molecular formula is C13H17NO6S. The summed E-state index contributed by atoms with van der Waals surface area (Å²) in [6.07, 6.45) is -1.95. The van der Waals surface area contributed by atoms with E-state index in [1.807, 2.05) is 0 Å². The third-order valence-electron chi connectivity index (χ3n) is 3.20. The van der Waals surface area contributed by atoms with Gasteiger partial charge >= 0.3 is 6.09 Å². The van der Waals surface area contributed by atoms with Crippen molar-refractivity contribution in [1.82, 2.24) is 0 Å². The molecule has 0 spiro atoms. The second kappa shape index (κ2) is 5.90. The maximum Gasteiger partial charge on any atom is 0.414 e. The van der Waals surface area contributed by atoms with Gasteiger partial charge in [-0.3, -0.25) is 4.90 Å². The number of ether oxygens (including phenoxy) is 1. The van der Waals surface area contributed by atoms with Gasteiger partial charge in [-0.05, 0) is 19.1 Å². The van der Waals surface area contributed by atoms with Crippen molar-refractivity contribution in [3.8, 4) is 5.75 Å². The third kappa shape index (κ3) is 3.45. The lowest BCUT2D eigenvalue weighted by Gasteiger charge is -2.29. The van der Waals surface area contributed by atoms with Crippen molar-refractivity contribution in [3.63, 3.8) is 0 Å². The van der Waals surface area contributed by atoms with Crippen LogP contribution in [0.3, 0.4) is 0 Å². The van der Waals surface area contributed by atoms with Crippen LogP contribution in [0, 0.1) is 0 Å². The highest BCUT2D eigenvalue weighted by atomic mass is 32.2. The quantitative estimate of drug-likeness (QED) is 0.842. The summed E-state index contributed by atoms with van der Waals surface area (Å²) >= 11 is 0. The molecule has 1 aromatic carbocycles. The number of amides is 1. The van der Waals surface area contributed by atoms with Gasteiger partial charge in [-0.2, -0.15) is 0 Å². The molecule has 1 aliphatic heterocycles. The summed E-state index contributed by atoms with van der Waals surface area (Å²) in [6.45, 7) is 1.74. The molecule has 0 radical (unpaired) electrons. The van der Waals surface area contributed by atoms with Crippen LogP contribution in [0.25, 0.3) is 0 Å². The van der Waals surface area contributed by atoms with Crippen molar-refractivity contribution < 1.29 is 28.2 Å². The van der Waals surface area contributed by atoms with Crippen LogP contribution in [-0.2, 0) is 14.6 Å². The highest BCUT2D eigenvalue weighted by Crippen LogP contribution is 2.28. The van der Waals surface area contributed by atoms with Crippen LogP contribution >= 0.6 is 0 Å². The summed E-state index contributed by atoms with van der Waals surface area (Å²) in [7, 11) is -3.42. The monoisotopic (exact) mass is 315 g/mol. The van der Waals surface area contributed by atoms with E-state index in [1.54, 1.807) is 6.92 Å². The number of aliphatic hydroxyl groups is 1. The average molecular weight is 315 g/mol. The lowest BCUT2D eigenvalue weighted by molar-refractivity contribution is 0.141. The molecule has 0 aromatic heterocycles. The van der Waals surface area contributed by atoms with E-state index in [4.69, 9.17) is 4.74 Å². The second-order valence-corrected chi connectivity index (χ2v) is 6.95. The maximum atomic E-state index is 12.1. The van der Waals surface area contributed by atoms with Gasteiger partial charge in [-0.15, -0.1) is 0 Å². The zero-order chi connectivity index (χ0) is 15.6. The predicted octanol–water partition coefficient (Wildman–Crippen LogP) is 0.513. The Labute approximate surface area is 122 Å². The SMILES string of the molecule is CCOC(=O)N(c1cccc(O)c1)C1CS(=O)(=O)CC1O. The Balaban J connectivity index is 2.40. The minimum atomic E-state index is -3.42. The summed E-state index contributed by atoms with van der Waals surface area (Å²) in [6, 6.07) is 4.86. The molecule has 7 nitrogen and oxygen atoms in total. The number of aliphatic hydroxyl groups excluding tert-OH is 1. The smallest absolute Gasteiger partial charge is 0.414 e. The van der Waals surface area contributed by atoms with Crippen molar-refractivity contribution in [1.29, 1.82) is 0 Å². The number of carbonyl (C=O) groups is 1. The minimum Gasteiger partial charge on any atom is -0.508 e. The number of hydrogen-bond acceptors (Lipinski definition) is 6. The first-order valence-corrected chi connectivity index (χ1v) is 8.29. The Morgan fingerprint density at radius 3 is 2.67 bits per heavy atom. The van der Waals surface area contributed by atoms with Crippen LogP contribution in [0.5, 0.6) is 5.75 Å². The van der Waals surface area contributed by atoms with E-state index in [2.05, 4.69) is 0 Å². The first-order chi connectivity index (χ1) is 9.84.